The molecule has 1 aliphatic heterocycles. The van der Waals surface area contributed by atoms with Gasteiger partial charge < -0.3 is 19.1 Å². The topological polar surface area (TPSA) is 37.7 Å². The molecule has 0 N–H and O–H groups in total. The molecular weight excluding hydrogens is 326 g/mol. The van der Waals surface area contributed by atoms with E-state index in [9.17, 15) is 4.79 Å². The summed E-state index contributed by atoms with van der Waals surface area (Å²) in [5, 5.41) is 1.02. The molecule has 0 saturated carbocycles. The molecule has 0 aliphatic carbocycles. The summed E-state index contributed by atoms with van der Waals surface area (Å²) >= 11 is 0. The molecule has 5 heteroatoms. The van der Waals surface area contributed by atoms with Gasteiger partial charge in [0.15, 0.2) is 0 Å². The van der Waals surface area contributed by atoms with E-state index in [4.69, 9.17) is 4.74 Å². The third-order valence-corrected chi connectivity index (χ3v) is 5.15. The van der Waals surface area contributed by atoms with Gasteiger partial charge in [0.05, 0.1) is 12.8 Å². The van der Waals surface area contributed by atoms with E-state index < -0.39 is 0 Å². The highest BCUT2D eigenvalue weighted by Crippen LogP contribution is 2.29. The van der Waals surface area contributed by atoms with Crippen molar-refractivity contribution in [3.05, 3.63) is 60.3 Å². The van der Waals surface area contributed by atoms with Crippen molar-refractivity contribution < 1.29 is 9.53 Å². The van der Waals surface area contributed by atoms with Crippen molar-refractivity contribution in [3.63, 3.8) is 0 Å². The zero-order valence-corrected chi connectivity index (χ0v) is 15.2. The average molecular weight is 349 g/mol. The number of aromatic nitrogens is 1. The molecule has 1 saturated heterocycles. The van der Waals surface area contributed by atoms with Crippen LogP contribution in [0.1, 0.15) is 10.4 Å². The third-order valence-electron chi connectivity index (χ3n) is 5.15. The number of nitrogens with zero attached hydrogens (tertiary/aromatic N) is 3. The lowest BCUT2D eigenvalue weighted by atomic mass is 10.1. The van der Waals surface area contributed by atoms with Crippen molar-refractivity contribution in [2.24, 2.45) is 7.05 Å². The first kappa shape index (κ1) is 16.5. The van der Waals surface area contributed by atoms with Gasteiger partial charge in [-0.25, -0.2) is 0 Å². The van der Waals surface area contributed by atoms with Gasteiger partial charge in [-0.2, -0.15) is 0 Å². The Morgan fingerprint density at radius 1 is 0.962 bits per heavy atom. The fourth-order valence-electron chi connectivity index (χ4n) is 3.70. The van der Waals surface area contributed by atoms with E-state index >= 15 is 0 Å². The van der Waals surface area contributed by atoms with Crippen molar-refractivity contribution in [1.29, 1.82) is 0 Å². The number of rotatable bonds is 3. The Balaban J connectivity index is 1.52. The van der Waals surface area contributed by atoms with Crippen molar-refractivity contribution in [2.45, 2.75) is 0 Å². The van der Waals surface area contributed by atoms with Crippen LogP contribution in [-0.2, 0) is 7.05 Å². The number of aryl methyl sites for hydroxylation is 1. The SMILES string of the molecule is COc1ccccc1N1CCN(C(=O)c2cccc3c2ccn3C)CC1. The van der Waals surface area contributed by atoms with E-state index in [0.29, 0.717) is 13.1 Å². The summed E-state index contributed by atoms with van der Waals surface area (Å²) in [6.07, 6.45) is 2.00. The lowest BCUT2D eigenvalue weighted by Crippen LogP contribution is -2.48. The predicted octanol–water partition coefficient (Wildman–Crippen LogP) is 3.15. The van der Waals surface area contributed by atoms with Crippen molar-refractivity contribution >= 4 is 22.5 Å². The number of amides is 1. The zero-order valence-electron chi connectivity index (χ0n) is 15.2. The molecule has 134 valence electrons. The molecule has 0 atom stereocenters. The largest absolute Gasteiger partial charge is 0.495 e. The van der Waals surface area contributed by atoms with E-state index in [1.165, 1.54) is 0 Å². The van der Waals surface area contributed by atoms with Gasteiger partial charge in [0.1, 0.15) is 5.75 Å². The van der Waals surface area contributed by atoms with Gasteiger partial charge in [0.25, 0.3) is 5.91 Å². The molecule has 2 heterocycles. The van der Waals surface area contributed by atoms with Crippen LogP contribution in [0.4, 0.5) is 5.69 Å². The molecule has 5 nitrogen and oxygen atoms in total. The van der Waals surface area contributed by atoms with Crippen LogP contribution in [0.15, 0.2) is 54.7 Å². The van der Waals surface area contributed by atoms with Crippen LogP contribution in [-0.4, -0.2) is 48.7 Å². The van der Waals surface area contributed by atoms with Gasteiger partial charge in [0.2, 0.25) is 0 Å². The number of carbonyl (C=O) groups excluding carboxylic acids is 1. The van der Waals surface area contributed by atoms with Gasteiger partial charge in [-0.05, 0) is 30.3 Å². The number of hydrogen-bond donors (Lipinski definition) is 0. The zero-order chi connectivity index (χ0) is 18.1. The summed E-state index contributed by atoms with van der Waals surface area (Å²) in [6.45, 7) is 3.02. The molecule has 4 rings (SSSR count). The maximum Gasteiger partial charge on any atom is 0.254 e. The number of piperazine rings is 1. The van der Waals surface area contributed by atoms with Gasteiger partial charge in [0, 0.05) is 55.9 Å². The normalized spacial score (nSPS) is 14.7. The van der Waals surface area contributed by atoms with Gasteiger partial charge >= 0.3 is 0 Å². The molecule has 0 bridgehead atoms. The highest BCUT2D eigenvalue weighted by Gasteiger charge is 2.24. The van der Waals surface area contributed by atoms with Crippen LogP contribution in [0.5, 0.6) is 5.75 Å². The number of anilines is 1. The highest BCUT2D eigenvalue weighted by atomic mass is 16.5. The van der Waals surface area contributed by atoms with Crippen LogP contribution >= 0.6 is 0 Å². The first-order valence-electron chi connectivity index (χ1n) is 8.90. The monoisotopic (exact) mass is 349 g/mol. The highest BCUT2D eigenvalue weighted by molar-refractivity contribution is 6.06. The molecule has 1 aromatic heterocycles. The number of methoxy groups -OCH3 is 1. The van der Waals surface area contributed by atoms with Crippen molar-refractivity contribution in [2.75, 3.05) is 38.2 Å². The summed E-state index contributed by atoms with van der Waals surface area (Å²) in [6, 6.07) is 16.0. The minimum Gasteiger partial charge on any atom is -0.495 e. The number of ether oxygens (including phenoxy) is 1. The lowest BCUT2D eigenvalue weighted by molar-refractivity contribution is 0.0748. The summed E-state index contributed by atoms with van der Waals surface area (Å²) < 4.78 is 7.52. The number of benzene rings is 2. The molecule has 0 spiro atoms. The average Bonchev–Trinajstić information content (AvgIpc) is 3.09. The smallest absolute Gasteiger partial charge is 0.254 e. The summed E-state index contributed by atoms with van der Waals surface area (Å²) in [5.74, 6) is 0.989. The third kappa shape index (κ3) is 2.79. The molecular formula is C21H23N3O2. The minimum absolute atomic E-state index is 0.112. The Bertz CT molecular complexity index is 939. The quantitative estimate of drug-likeness (QED) is 0.729. The van der Waals surface area contributed by atoms with Crippen LogP contribution in [0.2, 0.25) is 0 Å². The van der Waals surface area contributed by atoms with E-state index in [2.05, 4.69) is 11.0 Å². The molecule has 1 aliphatic rings. The summed E-state index contributed by atoms with van der Waals surface area (Å²) in [5.41, 5.74) is 2.96. The van der Waals surface area contributed by atoms with Crippen LogP contribution in [0.3, 0.4) is 0 Å². The maximum absolute atomic E-state index is 13.1. The summed E-state index contributed by atoms with van der Waals surface area (Å²) in [7, 11) is 3.70. The fourth-order valence-corrected chi connectivity index (χ4v) is 3.70. The Morgan fingerprint density at radius 2 is 1.73 bits per heavy atom. The van der Waals surface area contributed by atoms with E-state index in [1.54, 1.807) is 7.11 Å². The first-order chi connectivity index (χ1) is 12.7. The Morgan fingerprint density at radius 3 is 2.50 bits per heavy atom. The van der Waals surface area contributed by atoms with Gasteiger partial charge in [-0.1, -0.05) is 18.2 Å². The Kier molecular flexibility index (Phi) is 4.29. The molecule has 2 aromatic carbocycles. The number of para-hydroxylation sites is 2. The van der Waals surface area contributed by atoms with Crippen molar-refractivity contribution in [1.82, 2.24) is 9.47 Å². The second kappa shape index (κ2) is 6.75. The van der Waals surface area contributed by atoms with E-state index in [1.807, 2.05) is 65.2 Å². The molecule has 26 heavy (non-hydrogen) atoms. The predicted molar refractivity (Wildman–Crippen MR) is 104 cm³/mol. The number of carbonyl (C=O) groups is 1. The Labute approximate surface area is 153 Å². The lowest BCUT2D eigenvalue weighted by Gasteiger charge is -2.36. The standard InChI is InChI=1S/C21H23N3O2/c1-22-11-10-16-17(6-5-8-18(16)22)21(25)24-14-12-23(13-15-24)19-7-3-4-9-20(19)26-2/h3-11H,12-15H2,1-2H3. The van der Waals surface area contributed by atoms with Crippen LogP contribution in [0, 0.1) is 0 Å². The molecule has 0 unspecified atom stereocenters. The van der Waals surface area contributed by atoms with Crippen molar-refractivity contribution in [3.8, 4) is 5.75 Å². The summed E-state index contributed by atoms with van der Waals surface area (Å²) in [4.78, 5) is 17.3. The van der Waals surface area contributed by atoms with Gasteiger partial charge in [-0.3, -0.25) is 4.79 Å². The molecule has 0 radical (unpaired) electrons. The van der Waals surface area contributed by atoms with E-state index in [0.717, 1.165) is 41.0 Å². The minimum atomic E-state index is 0.112. The molecule has 1 fully saturated rings. The Hall–Kier alpha value is -2.95. The fraction of sp³-hybridized carbons (Fsp3) is 0.286. The van der Waals surface area contributed by atoms with Crippen LogP contribution < -0.4 is 9.64 Å². The maximum atomic E-state index is 13.1. The van der Waals surface area contributed by atoms with Crippen LogP contribution in [0.25, 0.3) is 10.9 Å². The van der Waals surface area contributed by atoms with E-state index in [-0.39, 0.29) is 5.91 Å². The van der Waals surface area contributed by atoms with Gasteiger partial charge in [-0.15, -0.1) is 0 Å². The first-order valence-corrected chi connectivity index (χ1v) is 8.90. The number of hydrogen-bond acceptors (Lipinski definition) is 3. The number of fused-ring (bicyclic) bond motifs is 1. The second-order valence-corrected chi connectivity index (χ2v) is 6.62. The molecule has 1 amide bonds. The second-order valence-electron chi connectivity index (χ2n) is 6.62. The molecule has 3 aromatic rings.